The third-order valence-electron chi connectivity index (χ3n) is 3.29. The average Bonchev–Trinajstić information content (AvgIpc) is 2.76. The van der Waals surface area contributed by atoms with E-state index in [1.165, 1.54) is 19.3 Å². The van der Waals surface area contributed by atoms with Crippen LogP contribution in [-0.2, 0) is 0 Å². The average molecular weight is 259 g/mol. The molecule has 0 spiro atoms. The van der Waals surface area contributed by atoms with E-state index in [2.05, 4.69) is 10.3 Å². The zero-order valence-electron chi connectivity index (χ0n) is 9.13. The number of hydrogen-bond donors (Lipinski definition) is 1. The number of alkyl halides is 1. The van der Waals surface area contributed by atoms with Gasteiger partial charge >= 0.3 is 0 Å². The number of nitrogens with zero attached hydrogens (tertiary/aromatic N) is 1. The molecule has 0 radical (unpaired) electrons. The third kappa shape index (κ3) is 3.02. The van der Waals surface area contributed by atoms with Crippen LogP contribution >= 0.6 is 23.2 Å². The molecule has 1 N–H and O–H groups in total. The van der Waals surface area contributed by atoms with Crippen molar-refractivity contribution in [3.05, 3.63) is 23.4 Å². The molecule has 2 unspecified atom stereocenters. The van der Waals surface area contributed by atoms with E-state index in [1.807, 2.05) is 12.1 Å². The minimum atomic E-state index is 0.668. The summed E-state index contributed by atoms with van der Waals surface area (Å²) in [5, 5.41) is 4.02. The maximum atomic E-state index is 5.94. The van der Waals surface area contributed by atoms with Crippen molar-refractivity contribution in [3.63, 3.8) is 0 Å². The summed E-state index contributed by atoms with van der Waals surface area (Å²) in [6.07, 6.45) is 5.51. The smallest absolute Gasteiger partial charge is 0.125 e. The van der Waals surface area contributed by atoms with Crippen molar-refractivity contribution in [3.8, 4) is 0 Å². The van der Waals surface area contributed by atoms with E-state index in [-0.39, 0.29) is 0 Å². The summed E-state index contributed by atoms with van der Waals surface area (Å²) in [7, 11) is 0. The van der Waals surface area contributed by atoms with Crippen molar-refractivity contribution in [1.82, 2.24) is 4.98 Å². The third-order valence-corrected chi connectivity index (χ3v) is 3.91. The van der Waals surface area contributed by atoms with E-state index < -0.39 is 0 Å². The molecule has 1 aromatic rings. The fraction of sp³-hybridized carbons (Fsp3) is 0.583. The molecule has 2 atom stereocenters. The van der Waals surface area contributed by atoms with Gasteiger partial charge in [-0.2, -0.15) is 0 Å². The Morgan fingerprint density at radius 2 is 2.12 bits per heavy atom. The second-order valence-corrected chi connectivity index (χ2v) is 5.09. The highest BCUT2D eigenvalue weighted by atomic mass is 35.5. The molecule has 2 rings (SSSR count). The van der Waals surface area contributed by atoms with Gasteiger partial charge in [0.05, 0.1) is 5.02 Å². The van der Waals surface area contributed by atoms with Crippen LogP contribution in [0.2, 0.25) is 5.02 Å². The van der Waals surface area contributed by atoms with Crippen molar-refractivity contribution < 1.29 is 0 Å². The Balaban J connectivity index is 1.85. The van der Waals surface area contributed by atoms with E-state index in [9.17, 15) is 0 Å². The van der Waals surface area contributed by atoms with Crippen molar-refractivity contribution >= 4 is 29.0 Å². The molecule has 0 bridgehead atoms. The first kappa shape index (κ1) is 12.0. The van der Waals surface area contributed by atoms with Crippen LogP contribution in [0.5, 0.6) is 0 Å². The second kappa shape index (κ2) is 5.74. The van der Waals surface area contributed by atoms with Crippen LogP contribution in [0.4, 0.5) is 5.82 Å². The van der Waals surface area contributed by atoms with Gasteiger partial charge in [-0.1, -0.05) is 18.0 Å². The van der Waals surface area contributed by atoms with E-state index >= 15 is 0 Å². The minimum absolute atomic E-state index is 0.668. The van der Waals surface area contributed by atoms with Gasteiger partial charge < -0.3 is 5.32 Å². The van der Waals surface area contributed by atoms with E-state index in [0.717, 1.165) is 18.2 Å². The predicted octanol–water partition coefficient (Wildman–Crippen LogP) is 3.80. The maximum Gasteiger partial charge on any atom is 0.125 e. The monoisotopic (exact) mass is 258 g/mol. The minimum Gasteiger partial charge on any atom is -0.370 e. The van der Waals surface area contributed by atoms with E-state index in [1.54, 1.807) is 6.20 Å². The molecule has 0 aliphatic heterocycles. The lowest BCUT2D eigenvalue weighted by Gasteiger charge is -2.17. The molecule has 0 amide bonds. The molecular formula is C12H16Cl2N2. The van der Waals surface area contributed by atoms with Crippen LogP contribution in [-0.4, -0.2) is 17.4 Å². The summed E-state index contributed by atoms with van der Waals surface area (Å²) in [6, 6.07) is 3.76. The van der Waals surface area contributed by atoms with Gasteiger partial charge in [-0.25, -0.2) is 4.98 Å². The van der Waals surface area contributed by atoms with Crippen molar-refractivity contribution in [1.29, 1.82) is 0 Å². The van der Waals surface area contributed by atoms with Gasteiger partial charge in [-0.3, -0.25) is 0 Å². The molecule has 1 aromatic heterocycles. The Morgan fingerprint density at radius 1 is 1.31 bits per heavy atom. The van der Waals surface area contributed by atoms with Crippen molar-refractivity contribution in [2.24, 2.45) is 11.8 Å². The molecule has 1 heterocycles. The standard InChI is InChI=1S/C12H16Cl2N2/c13-6-9-2-1-3-10(9)7-15-12-5-4-11(14)8-16-12/h4-5,8-10H,1-3,6-7H2,(H,15,16). The van der Waals surface area contributed by atoms with E-state index in [0.29, 0.717) is 16.9 Å². The number of halogens is 2. The quantitative estimate of drug-likeness (QED) is 0.832. The number of nitrogens with one attached hydrogen (secondary N) is 1. The Kier molecular flexibility index (Phi) is 4.30. The molecule has 1 saturated carbocycles. The highest BCUT2D eigenvalue weighted by molar-refractivity contribution is 6.30. The molecule has 88 valence electrons. The topological polar surface area (TPSA) is 24.9 Å². The van der Waals surface area contributed by atoms with Crippen LogP contribution in [0.15, 0.2) is 18.3 Å². The summed E-state index contributed by atoms with van der Waals surface area (Å²) in [5.74, 6) is 3.03. The summed E-state index contributed by atoms with van der Waals surface area (Å²) < 4.78 is 0. The van der Waals surface area contributed by atoms with Gasteiger partial charge in [0.15, 0.2) is 0 Å². The van der Waals surface area contributed by atoms with Crippen molar-refractivity contribution in [2.75, 3.05) is 17.7 Å². The molecule has 1 aliphatic carbocycles. The van der Waals surface area contributed by atoms with Crippen LogP contribution in [0.25, 0.3) is 0 Å². The summed E-state index contributed by atoms with van der Waals surface area (Å²) in [5.41, 5.74) is 0. The number of aromatic nitrogens is 1. The van der Waals surface area contributed by atoms with Crippen LogP contribution in [0.1, 0.15) is 19.3 Å². The van der Waals surface area contributed by atoms with Gasteiger partial charge in [-0.05, 0) is 36.8 Å². The molecule has 16 heavy (non-hydrogen) atoms. The fourth-order valence-corrected chi connectivity index (χ4v) is 2.82. The Morgan fingerprint density at radius 3 is 2.81 bits per heavy atom. The zero-order chi connectivity index (χ0) is 11.4. The molecule has 0 aromatic carbocycles. The van der Waals surface area contributed by atoms with Gasteiger partial charge in [0.1, 0.15) is 5.82 Å². The fourth-order valence-electron chi connectivity index (χ4n) is 2.30. The summed E-state index contributed by atoms with van der Waals surface area (Å²) >= 11 is 11.7. The predicted molar refractivity (Wildman–Crippen MR) is 69.3 cm³/mol. The second-order valence-electron chi connectivity index (χ2n) is 4.35. The molecule has 4 heteroatoms. The molecule has 1 aliphatic rings. The summed E-state index contributed by atoms with van der Waals surface area (Å²) in [4.78, 5) is 4.21. The lowest BCUT2D eigenvalue weighted by atomic mass is 9.98. The van der Waals surface area contributed by atoms with Crippen LogP contribution < -0.4 is 5.32 Å². The highest BCUT2D eigenvalue weighted by Gasteiger charge is 2.25. The Hall–Kier alpha value is -0.470. The van der Waals surface area contributed by atoms with Crippen LogP contribution in [0, 0.1) is 11.8 Å². The molecule has 1 fully saturated rings. The first-order chi connectivity index (χ1) is 7.79. The first-order valence-electron chi connectivity index (χ1n) is 5.71. The lowest BCUT2D eigenvalue weighted by molar-refractivity contribution is 0.444. The number of hydrogen-bond acceptors (Lipinski definition) is 2. The normalized spacial score (nSPS) is 24.6. The van der Waals surface area contributed by atoms with Crippen molar-refractivity contribution in [2.45, 2.75) is 19.3 Å². The van der Waals surface area contributed by atoms with Gasteiger partial charge in [-0.15, -0.1) is 11.6 Å². The lowest BCUT2D eigenvalue weighted by Crippen LogP contribution is -2.19. The zero-order valence-corrected chi connectivity index (χ0v) is 10.6. The Labute approximate surface area is 106 Å². The van der Waals surface area contributed by atoms with Gasteiger partial charge in [0, 0.05) is 18.6 Å². The molecule has 2 nitrogen and oxygen atoms in total. The molecular weight excluding hydrogens is 243 g/mol. The maximum absolute atomic E-state index is 5.94. The number of anilines is 1. The van der Waals surface area contributed by atoms with Gasteiger partial charge in [0.25, 0.3) is 0 Å². The van der Waals surface area contributed by atoms with Crippen LogP contribution in [0.3, 0.4) is 0 Å². The first-order valence-corrected chi connectivity index (χ1v) is 6.62. The van der Waals surface area contributed by atoms with E-state index in [4.69, 9.17) is 23.2 Å². The van der Waals surface area contributed by atoms with Gasteiger partial charge in [0.2, 0.25) is 0 Å². The Bertz CT molecular complexity index is 326. The number of pyridine rings is 1. The highest BCUT2D eigenvalue weighted by Crippen LogP contribution is 2.32. The molecule has 0 saturated heterocycles. The number of rotatable bonds is 4. The largest absolute Gasteiger partial charge is 0.370 e. The summed E-state index contributed by atoms with van der Waals surface area (Å²) in [6.45, 7) is 0.964. The SMILES string of the molecule is ClCC1CCCC1CNc1ccc(Cl)cn1.